The highest BCUT2D eigenvalue weighted by molar-refractivity contribution is 5.71. The van der Waals surface area contributed by atoms with E-state index in [0.29, 0.717) is 19.3 Å². The van der Waals surface area contributed by atoms with Gasteiger partial charge < -0.3 is 14.2 Å². The lowest BCUT2D eigenvalue weighted by Crippen LogP contribution is -2.30. The third-order valence-electron chi connectivity index (χ3n) is 11.0. The fourth-order valence-corrected chi connectivity index (χ4v) is 7.00. The Kier molecular flexibility index (Phi) is 50.5. The van der Waals surface area contributed by atoms with E-state index in [1.807, 2.05) is 6.08 Å². The molecule has 0 fully saturated rings. The van der Waals surface area contributed by atoms with Gasteiger partial charge in [-0.25, -0.2) is 0 Å². The average Bonchev–Trinajstić information content (AvgIpc) is 3.31. The van der Waals surface area contributed by atoms with Crippen LogP contribution in [0.15, 0.2) is 109 Å². The molecule has 0 aromatic carbocycles. The molecule has 0 aliphatic carbocycles. The number of esters is 3. The molecule has 0 radical (unpaired) electrons. The molecule has 66 heavy (non-hydrogen) atoms. The molecule has 0 spiro atoms. The first-order chi connectivity index (χ1) is 32.5. The topological polar surface area (TPSA) is 78.9 Å². The summed E-state index contributed by atoms with van der Waals surface area (Å²) in [5.74, 6) is -1.01. The van der Waals surface area contributed by atoms with E-state index in [-0.39, 0.29) is 37.5 Å². The predicted molar refractivity (Wildman–Crippen MR) is 283 cm³/mol. The minimum absolute atomic E-state index is 0.107. The second-order valence-electron chi connectivity index (χ2n) is 17.4. The quantitative estimate of drug-likeness (QED) is 0.0262. The predicted octanol–water partition coefficient (Wildman–Crippen LogP) is 17.9. The highest BCUT2D eigenvalue weighted by atomic mass is 16.6. The third kappa shape index (κ3) is 51.1. The van der Waals surface area contributed by atoms with Crippen LogP contribution in [0.4, 0.5) is 0 Å². The summed E-state index contributed by atoms with van der Waals surface area (Å²) in [6.07, 6.45) is 72.3. The zero-order valence-corrected chi connectivity index (χ0v) is 42.7. The molecule has 0 amide bonds. The standard InChI is InChI=1S/C60H98O6/c1-4-7-10-13-16-19-22-24-26-28-30-32-34-36-38-41-44-47-50-53-59(62)65-56-57(55-64-58(61)52-49-46-43-40-21-18-15-12-9-6-3)66-60(63)54-51-48-45-42-39-37-35-33-31-29-27-25-23-20-17-14-11-8-5-2/h7,10,16-17,19-20,24-27,30-33,36,38,44,47,57H,4-6,8-9,11-15,18,21-23,28-29,34-35,37,39-43,45-46,48-56H2,1-3H3/b10-7-,19-16-,20-17-,26-24-,27-25-,32-30-,33-31-,38-36-,47-44-/t57-/m1/s1. The zero-order chi connectivity index (χ0) is 47.9. The van der Waals surface area contributed by atoms with Crippen molar-refractivity contribution in [2.24, 2.45) is 0 Å². The van der Waals surface area contributed by atoms with E-state index in [1.165, 1.54) is 83.5 Å². The largest absolute Gasteiger partial charge is 0.462 e. The second-order valence-corrected chi connectivity index (χ2v) is 17.4. The van der Waals surface area contributed by atoms with E-state index in [4.69, 9.17) is 14.2 Å². The van der Waals surface area contributed by atoms with Crippen LogP contribution < -0.4 is 0 Å². The maximum atomic E-state index is 12.8. The van der Waals surface area contributed by atoms with E-state index in [9.17, 15) is 14.4 Å². The van der Waals surface area contributed by atoms with Crippen molar-refractivity contribution in [2.75, 3.05) is 13.2 Å². The summed E-state index contributed by atoms with van der Waals surface area (Å²) in [6.45, 7) is 6.40. The minimum atomic E-state index is -0.815. The maximum Gasteiger partial charge on any atom is 0.306 e. The summed E-state index contributed by atoms with van der Waals surface area (Å²) < 4.78 is 16.7. The van der Waals surface area contributed by atoms with Gasteiger partial charge in [-0.1, -0.05) is 226 Å². The lowest BCUT2D eigenvalue weighted by molar-refractivity contribution is -0.166. The van der Waals surface area contributed by atoms with Gasteiger partial charge in [0.1, 0.15) is 13.2 Å². The van der Waals surface area contributed by atoms with Crippen LogP contribution in [0.1, 0.15) is 233 Å². The van der Waals surface area contributed by atoms with E-state index >= 15 is 0 Å². The van der Waals surface area contributed by atoms with Gasteiger partial charge in [0.25, 0.3) is 0 Å². The van der Waals surface area contributed by atoms with Crippen molar-refractivity contribution in [2.45, 2.75) is 239 Å². The molecule has 0 rings (SSSR count). The van der Waals surface area contributed by atoms with Crippen LogP contribution in [0.2, 0.25) is 0 Å². The molecule has 0 saturated heterocycles. The first kappa shape index (κ1) is 62.1. The number of carbonyl (C=O) groups is 3. The summed E-state index contributed by atoms with van der Waals surface area (Å²) in [7, 11) is 0. The monoisotopic (exact) mass is 915 g/mol. The van der Waals surface area contributed by atoms with Crippen LogP contribution in [-0.2, 0) is 28.6 Å². The van der Waals surface area contributed by atoms with Gasteiger partial charge in [0.05, 0.1) is 0 Å². The molecule has 0 bridgehead atoms. The lowest BCUT2D eigenvalue weighted by Gasteiger charge is -2.18. The number of hydrogen-bond acceptors (Lipinski definition) is 6. The van der Waals surface area contributed by atoms with Gasteiger partial charge in [0, 0.05) is 19.3 Å². The molecule has 0 aliphatic rings. The Hall–Kier alpha value is -3.93. The number of carbonyl (C=O) groups excluding carboxylic acids is 3. The van der Waals surface area contributed by atoms with Crippen LogP contribution in [-0.4, -0.2) is 37.2 Å². The lowest BCUT2D eigenvalue weighted by atomic mass is 10.1. The van der Waals surface area contributed by atoms with Gasteiger partial charge in [-0.05, 0) is 96.3 Å². The van der Waals surface area contributed by atoms with Crippen LogP contribution in [0.5, 0.6) is 0 Å². The summed E-state index contributed by atoms with van der Waals surface area (Å²) in [5.41, 5.74) is 0. The first-order valence-corrected chi connectivity index (χ1v) is 26.9. The Morgan fingerprint density at radius 3 is 1.05 bits per heavy atom. The molecule has 0 saturated carbocycles. The average molecular weight is 915 g/mol. The summed E-state index contributed by atoms with van der Waals surface area (Å²) in [4.78, 5) is 38.0. The van der Waals surface area contributed by atoms with Crippen molar-refractivity contribution in [1.29, 1.82) is 0 Å². The van der Waals surface area contributed by atoms with Gasteiger partial charge in [-0.15, -0.1) is 0 Å². The Labute approximate surface area is 406 Å². The van der Waals surface area contributed by atoms with Crippen LogP contribution in [0.25, 0.3) is 0 Å². The SMILES string of the molecule is CC/C=C\C/C=C\C/C=C\C/C=C\C/C=C\C/C=C\CCC(=O)OC[C@@H](COC(=O)CCCCCCCCCCCC)OC(=O)CCCCCCCC/C=C\C/C=C\C/C=C\CCCCC. The maximum absolute atomic E-state index is 12.8. The molecular weight excluding hydrogens is 817 g/mol. The molecule has 0 aliphatic heterocycles. The Morgan fingerprint density at radius 2 is 0.621 bits per heavy atom. The first-order valence-electron chi connectivity index (χ1n) is 26.9. The van der Waals surface area contributed by atoms with Crippen molar-refractivity contribution in [1.82, 2.24) is 0 Å². The number of unbranched alkanes of at least 4 members (excludes halogenated alkanes) is 18. The van der Waals surface area contributed by atoms with Crippen molar-refractivity contribution in [3.05, 3.63) is 109 Å². The molecule has 374 valence electrons. The van der Waals surface area contributed by atoms with Gasteiger partial charge in [-0.2, -0.15) is 0 Å². The fraction of sp³-hybridized carbons (Fsp3) is 0.650. The number of allylic oxidation sites excluding steroid dienone is 18. The third-order valence-corrected chi connectivity index (χ3v) is 11.0. The van der Waals surface area contributed by atoms with Crippen LogP contribution >= 0.6 is 0 Å². The molecule has 1 atom stereocenters. The van der Waals surface area contributed by atoms with Gasteiger partial charge in [-0.3, -0.25) is 14.4 Å². The fourth-order valence-electron chi connectivity index (χ4n) is 7.00. The second kappa shape index (κ2) is 53.7. The highest BCUT2D eigenvalue weighted by Crippen LogP contribution is 2.14. The molecule has 0 N–H and O–H groups in total. The molecule has 0 aromatic heterocycles. The van der Waals surface area contributed by atoms with Crippen molar-refractivity contribution >= 4 is 17.9 Å². The minimum Gasteiger partial charge on any atom is -0.462 e. The zero-order valence-electron chi connectivity index (χ0n) is 42.7. The number of hydrogen-bond donors (Lipinski definition) is 0. The summed E-state index contributed by atoms with van der Waals surface area (Å²) >= 11 is 0. The number of rotatable bonds is 47. The highest BCUT2D eigenvalue weighted by Gasteiger charge is 2.19. The number of ether oxygens (including phenoxy) is 3. The molecule has 0 aromatic rings. The molecule has 0 heterocycles. The molecule has 6 nitrogen and oxygen atoms in total. The van der Waals surface area contributed by atoms with Crippen molar-refractivity contribution in [3.8, 4) is 0 Å². The van der Waals surface area contributed by atoms with E-state index in [2.05, 4.69) is 124 Å². The normalized spacial score (nSPS) is 13.0. The Balaban J connectivity index is 4.49. The van der Waals surface area contributed by atoms with Gasteiger partial charge in [0.2, 0.25) is 0 Å². The van der Waals surface area contributed by atoms with E-state index < -0.39 is 6.10 Å². The van der Waals surface area contributed by atoms with Gasteiger partial charge >= 0.3 is 17.9 Å². The summed E-state index contributed by atoms with van der Waals surface area (Å²) in [6, 6.07) is 0. The van der Waals surface area contributed by atoms with Crippen molar-refractivity contribution in [3.63, 3.8) is 0 Å². The van der Waals surface area contributed by atoms with Crippen LogP contribution in [0, 0.1) is 0 Å². The Morgan fingerprint density at radius 1 is 0.318 bits per heavy atom. The Bertz CT molecular complexity index is 1370. The van der Waals surface area contributed by atoms with Crippen LogP contribution in [0.3, 0.4) is 0 Å². The molecular formula is C60H98O6. The smallest absolute Gasteiger partial charge is 0.306 e. The van der Waals surface area contributed by atoms with E-state index in [1.54, 1.807) is 0 Å². The van der Waals surface area contributed by atoms with Crippen molar-refractivity contribution < 1.29 is 28.6 Å². The summed E-state index contributed by atoms with van der Waals surface area (Å²) in [5, 5.41) is 0. The van der Waals surface area contributed by atoms with Gasteiger partial charge in [0.15, 0.2) is 6.10 Å². The van der Waals surface area contributed by atoms with E-state index in [0.717, 1.165) is 103 Å². The molecule has 6 heteroatoms. The molecule has 0 unspecified atom stereocenters.